The van der Waals surface area contributed by atoms with Crippen LogP contribution in [-0.4, -0.2) is 77.9 Å². The lowest BCUT2D eigenvalue weighted by Crippen LogP contribution is -2.55. The van der Waals surface area contributed by atoms with Gasteiger partial charge in [-0.05, 0) is 38.4 Å². The summed E-state index contributed by atoms with van der Waals surface area (Å²) in [5, 5.41) is 6.88. The zero-order valence-electron chi connectivity index (χ0n) is 17.2. The maximum absolute atomic E-state index is 12.1. The van der Waals surface area contributed by atoms with Gasteiger partial charge in [0.05, 0.1) is 12.8 Å². The number of hydrogen-bond acceptors (Lipinski definition) is 6. The van der Waals surface area contributed by atoms with Gasteiger partial charge in [-0.1, -0.05) is 18.2 Å². The van der Waals surface area contributed by atoms with Crippen molar-refractivity contribution in [1.82, 2.24) is 20.0 Å². The molecule has 1 aromatic carbocycles. The number of H-pyrrole nitrogens is 1. The van der Waals surface area contributed by atoms with E-state index in [1.807, 2.05) is 6.92 Å². The monoisotopic (exact) mass is 397 g/mol. The maximum atomic E-state index is 12.1. The molecule has 156 valence electrons. The van der Waals surface area contributed by atoms with Crippen LogP contribution in [0.5, 0.6) is 0 Å². The molecule has 1 aromatic heterocycles. The molecule has 2 fully saturated rings. The SMILES string of the molecule is CCOC(=O)c1[nH]ncc1CN1CCC[C@@H](N2CCN(c3ccccc3)CC2)C1. The number of nitrogens with zero attached hydrogens (tertiary/aromatic N) is 4. The third-order valence-corrected chi connectivity index (χ3v) is 6.02. The average molecular weight is 398 g/mol. The number of esters is 1. The summed E-state index contributed by atoms with van der Waals surface area (Å²) in [6, 6.07) is 11.3. The molecule has 4 rings (SSSR count). The lowest BCUT2D eigenvalue weighted by molar-refractivity contribution is 0.0514. The number of carbonyl (C=O) groups is 1. The summed E-state index contributed by atoms with van der Waals surface area (Å²) in [6.07, 6.45) is 4.20. The summed E-state index contributed by atoms with van der Waals surface area (Å²) in [7, 11) is 0. The van der Waals surface area contributed by atoms with E-state index < -0.39 is 0 Å². The van der Waals surface area contributed by atoms with E-state index in [4.69, 9.17) is 4.74 Å². The van der Waals surface area contributed by atoms with Crippen LogP contribution in [0.1, 0.15) is 35.8 Å². The van der Waals surface area contributed by atoms with E-state index in [1.165, 1.54) is 18.5 Å². The molecule has 29 heavy (non-hydrogen) atoms. The van der Waals surface area contributed by atoms with Crippen molar-refractivity contribution >= 4 is 11.7 Å². The smallest absolute Gasteiger partial charge is 0.356 e. The number of nitrogens with one attached hydrogen (secondary N) is 1. The standard InChI is InChI=1S/C22H31N5O2/c1-2-29-22(28)21-18(15-23-24-21)16-25-10-6-9-20(17-25)27-13-11-26(12-14-27)19-7-4-3-5-8-19/h3-5,7-8,15,20H,2,6,9-14,16-17H2,1H3,(H,23,24)/t20-/m1/s1. The first-order chi connectivity index (χ1) is 14.2. The minimum atomic E-state index is -0.314. The Balaban J connectivity index is 1.32. The van der Waals surface area contributed by atoms with Gasteiger partial charge >= 0.3 is 5.97 Å². The van der Waals surface area contributed by atoms with Crippen molar-refractivity contribution in [3.05, 3.63) is 47.8 Å². The van der Waals surface area contributed by atoms with Crippen molar-refractivity contribution < 1.29 is 9.53 Å². The molecule has 0 saturated carbocycles. The minimum absolute atomic E-state index is 0.314. The molecule has 1 N–H and O–H groups in total. The van der Waals surface area contributed by atoms with Crippen LogP contribution < -0.4 is 4.90 Å². The van der Waals surface area contributed by atoms with Crippen LogP contribution in [0.25, 0.3) is 0 Å². The Labute approximate surface area is 172 Å². The molecule has 0 amide bonds. The Hall–Kier alpha value is -2.38. The van der Waals surface area contributed by atoms with Gasteiger partial charge < -0.3 is 9.64 Å². The molecule has 0 spiro atoms. The summed E-state index contributed by atoms with van der Waals surface area (Å²) in [4.78, 5) is 19.7. The number of rotatable bonds is 6. The van der Waals surface area contributed by atoms with Crippen molar-refractivity contribution in [2.24, 2.45) is 0 Å². The first kappa shape index (κ1) is 19.9. The van der Waals surface area contributed by atoms with Crippen LogP contribution in [0, 0.1) is 0 Å². The molecule has 2 saturated heterocycles. The van der Waals surface area contributed by atoms with Crippen LogP contribution in [0.2, 0.25) is 0 Å². The Morgan fingerprint density at radius 3 is 2.72 bits per heavy atom. The molecule has 0 bridgehead atoms. The number of anilines is 1. The Morgan fingerprint density at radius 1 is 1.17 bits per heavy atom. The third kappa shape index (κ3) is 4.79. The van der Waals surface area contributed by atoms with Crippen molar-refractivity contribution in [2.45, 2.75) is 32.4 Å². The van der Waals surface area contributed by atoms with E-state index in [2.05, 4.69) is 55.2 Å². The number of hydrogen-bond donors (Lipinski definition) is 1. The van der Waals surface area contributed by atoms with Gasteiger partial charge in [-0.3, -0.25) is 14.9 Å². The lowest BCUT2D eigenvalue weighted by Gasteiger charge is -2.44. The van der Waals surface area contributed by atoms with Crippen molar-refractivity contribution in [3.63, 3.8) is 0 Å². The number of piperidine rings is 1. The number of aromatic amines is 1. The highest BCUT2D eigenvalue weighted by Crippen LogP contribution is 2.22. The van der Waals surface area contributed by atoms with E-state index in [1.54, 1.807) is 6.20 Å². The molecule has 0 unspecified atom stereocenters. The summed E-state index contributed by atoms with van der Waals surface area (Å²) in [6.45, 7) is 9.40. The highest BCUT2D eigenvalue weighted by Gasteiger charge is 2.29. The summed E-state index contributed by atoms with van der Waals surface area (Å²) in [5.74, 6) is -0.314. The molecule has 2 aliphatic rings. The van der Waals surface area contributed by atoms with E-state index in [-0.39, 0.29) is 5.97 Å². The summed E-state index contributed by atoms with van der Waals surface area (Å²) < 4.78 is 5.14. The quantitative estimate of drug-likeness (QED) is 0.755. The average Bonchev–Trinajstić information content (AvgIpc) is 3.23. The van der Waals surface area contributed by atoms with Crippen LogP contribution >= 0.6 is 0 Å². The van der Waals surface area contributed by atoms with Crippen molar-refractivity contribution in [2.75, 3.05) is 50.8 Å². The van der Waals surface area contributed by atoms with Gasteiger partial charge in [-0.2, -0.15) is 5.10 Å². The normalized spacial score (nSPS) is 21.3. The van der Waals surface area contributed by atoms with E-state index in [0.29, 0.717) is 18.3 Å². The summed E-state index contributed by atoms with van der Waals surface area (Å²) in [5.41, 5.74) is 2.74. The van der Waals surface area contributed by atoms with E-state index >= 15 is 0 Å². The second kappa shape index (κ2) is 9.41. The van der Waals surface area contributed by atoms with Gasteiger partial charge in [0.15, 0.2) is 0 Å². The lowest BCUT2D eigenvalue weighted by atomic mass is 10.0. The molecule has 1 atom stereocenters. The Kier molecular flexibility index (Phi) is 6.46. The number of para-hydroxylation sites is 1. The highest BCUT2D eigenvalue weighted by atomic mass is 16.5. The molecule has 0 aliphatic carbocycles. The Bertz CT molecular complexity index is 786. The largest absolute Gasteiger partial charge is 0.461 e. The predicted molar refractivity (Wildman–Crippen MR) is 113 cm³/mol. The number of ether oxygens (including phenoxy) is 1. The third-order valence-electron chi connectivity index (χ3n) is 6.02. The molecule has 0 radical (unpaired) electrons. The zero-order valence-corrected chi connectivity index (χ0v) is 17.2. The molecule has 7 heteroatoms. The predicted octanol–water partition coefficient (Wildman–Crippen LogP) is 2.37. The molecule has 2 aromatic rings. The number of carbonyl (C=O) groups excluding carboxylic acids is 1. The van der Waals surface area contributed by atoms with Crippen LogP contribution in [0.15, 0.2) is 36.5 Å². The van der Waals surface area contributed by atoms with Gasteiger partial charge in [0.1, 0.15) is 5.69 Å². The second-order valence-electron chi connectivity index (χ2n) is 7.88. The molecule has 2 aliphatic heterocycles. The Morgan fingerprint density at radius 2 is 1.97 bits per heavy atom. The number of aromatic nitrogens is 2. The summed E-state index contributed by atoms with van der Waals surface area (Å²) >= 11 is 0. The fourth-order valence-corrected chi connectivity index (χ4v) is 4.51. The maximum Gasteiger partial charge on any atom is 0.356 e. The van der Waals surface area contributed by atoms with Crippen LogP contribution in [0.3, 0.4) is 0 Å². The fourth-order valence-electron chi connectivity index (χ4n) is 4.51. The van der Waals surface area contributed by atoms with Gasteiger partial charge in [-0.25, -0.2) is 4.79 Å². The second-order valence-corrected chi connectivity index (χ2v) is 7.88. The molecule has 7 nitrogen and oxygen atoms in total. The van der Waals surface area contributed by atoms with E-state index in [9.17, 15) is 4.79 Å². The number of likely N-dealkylation sites (tertiary alicyclic amines) is 1. The zero-order chi connectivity index (χ0) is 20.1. The fraction of sp³-hybridized carbons (Fsp3) is 0.545. The van der Waals surface area contributed by atoms with Crippen LogP contribution in [0.4, 0.5) is 5.69 Å². The number of benzene rings is 1. The van der Waals surface area contributed by atoms with Crippen LogP contribution in [-0.2, 0) is 11.3 Å². The van der Waals surface area contributed by atoms with Crippen molar-refractivity contribution in [1.29, 1.82) is 0 Å². The molecule has 3 heterocycles. The first-order valence-electron chi connectivity index (χ1n) is 10.7. The van der Waals surface area contributed by atoms with Gasteiger partial charge in [-0.15, -0.1) is 0 Å². The topological polar surface area (TPSA) is 64.7 Å². The first-order valence-corrected chi connectivity index (χ1v) is 10.7. The van der Waals surface area contributed by atoms with Gasteiger partial charge in [0, 0.05) is 56.6 Å². The molecular weight excluding hydrogens is 366 g/mol. The van der Waals surface area contributed by atoms with Gasteiger partial charge in [0.2, 0.25) is 0 Å². The minimum Gasteiger partial charge on any atom is -0.461 e. The van der Waals surface area contributed by atoms with E-state index in [0.717, 1.165) is 51.4 Å². The van der Waals surface area contributed by atoms with Gasteiger partial charge in [0.25, 0.3) is 0 Å². The highest BCUT2D eigenvalue weighted by molar-refractivity contribution is 5.88. The number of piperazine rings is 1. The van der Waals surface area contributed by atoms with Crippen molar-refractivity contribution in [3.8, 4) is 0 Å². The molecular formula is C22H31N5O2.